The first-order chi connectivity index (χ1) is 11.8. The van der Waals surface area contributed by atoms with Crippen molar-refractivity contribution in [3.05, 3.63) is 41.7 Å². The number of carboxylic acids is 1. The van der Waals surface area contributed by atoms with E-state index in [1.807, 2.05) is 19.9 Å². The first-order valence-electron chi connectivity index (χ1n) is 8.02. The Bertz CT molecular complexity index is 830. The molecule has 2 aromatic rings. The zero-order valence-corrected chi connectivity index (χ0v) is 15.0. The van der Waals surface area contributed by atoms with E-state index in [0.29, 0.717) is 25.9 Å². The summed E-state index contributed by atoms with van der Waals surface area (Å²) in [5, 5.41) is 16.0. The molecule has 0 saturated carbocycles. The summed E-state index contributed by atoms with van der Waals surface area (Å²) in [5.41, 5.74) is 0.869. The van der Waals surface area contributed by atoms with Gasteiger partial charge >= 0.3 is 5.97 Å². The molecule has 0 bridgehead atoms. The van der Waals surface area contributed by atoms with Gasteiger partial charge in [-0.05, 0) is 36.5 Å². The number of nitrogens with one attached hydrogen (secondary N) is 1. The number of sulfonamides is 1. The van der Waals surface area contributed by atoms with E-state index in [9.17, 15) is 13.2 Å². The van der Waals surface area contributed by atoms with Crippen LogP contribution in [0, 0.1) is 0 Å². The molecular formula is C16H22N4O4S. The van der Waals surface area contributed by atoms with Crippen molar-refractivity contribution >= 4 is 16.0 Å². The number of carboxylic acid groups (broad SMARTS) is 1. The summed E-state index contributed by atoms with van der Waals surface area (Å²) in [6.45, 7) is 4.80. The van der Waals surface area contributed by atoms with E-state index in [-0.39, 0.29) is 16.5 Å². The van der Waals surface area contributed by atoms with Crippen LogP contribution in [0.3, 0.4) is 0 Å². The van der Waals surface area contributed by atoms with Gasteiger partial charge in [0.2, 0.25) is 10.0 Å². The molecule has 0 fully saturated rings. The second-order valence-corrected chi connectivity index (χ2v) is 7.77. The second-order valence-electron chi connectivity index (χ2n) is 6.00. The number of nitrogens with zero attached hydrogens (tertiary/aromatic N) is 3. The summed E-state index contributed by atoms with van der Waals surface area (Å²) in [6, 6.07) is 6.93. The highest BCUT2D eigenvalue weighted by Gasteiger charge is 2.14. The van der Waals surface area contributed by atoms with Gasteiger partial charge in [0.1, 0.15) is 0 Å². The summed E-state index contributed by atoms with van der Waals surface area (Å²) >= 11 is 0. The fourth-order valence-corrected chi connectivity index (χ4v) is 3.36. The molecule has 2 N–H and O–H groups in total. The van der Waals surface area contributed by atoms with Crippen LogP contribution < -0.4 is 4.72 Å². The number of aromatic carboxylic acids is 1. The largest absolute Gasteiger partial charge is 0.476 e. The average molecular weight is 366 g/mol. The summed E-state index contributed by atoms with van der Waals surface area (Å²) in [4.78, 5) is 11.0. The fourth-order valence-electron chi connectivity index (χ4n) is 2.24. The van der Waals surface area contributed by atoms with Crippen LogP contribution in [-0.2, 0) is 16.6 Å². The van der Waals surface area contributed by atoms with Crippen LogP contribution in [0.1, 0.15) is 48.7 Å². The molecule has 1 aromatic carbocycles. The number of aromatic nitrogens is 3. The zero-order valence-electron chi connectivity index (χ0n) is 14.2. The van der Waals surface area contributed by atoms with Crippen molar-refractivity contribution in [2.75, 3.05) is 6.54 Å². The zero-order chi connectivity index (χ0) is 18.4. The van der Waals surface area contributed by atoms with Crippen LogP contribution in [0.5, 0.6) is 0 Å². The molecule has 136 valence electrons. The normalized spacial score (nSPS) is 11.8. The van der Waals surface area contributed by atoms with Crippen LogP contribution in [0.2, 0.25) is 0 Å². The van der Waals surface area contributed by atoms with Gasteiger partial charge < -0.3 is 5.11 Å². The number of hydrogen-bond donors (Lipinski definition) is 2. The summed E-state index contributed by atoms with van der Waals surface area (Å²) in [6.07, 6.45) is 2.60. The first-order valence-corrected chi connectivity index (χ1v) is 9.51. The van der Waals surface area contributed by atoms with Crippen molar-refractivity contribution < 1.29 is 18.3 Å². The Hall–Kier alpha value is -2.26. The highest BCUT2D eigenvalue weighted by molar-refractivity contribution is 7.89. The smallest absolute Gasteiger partial charge is 0.358 e. The van der Waals surface area contributed by atoms with Crippen molar-refractivity contribution in [2.24, 2.45) is 0 Å². The SMILES string of the molecule is CC(C)c1cccc(S(=O)(=O)NCCCCn2cc(C(=O)O)nn2)c1. The Morgan fingerprint density at radius 3 is 2.72 bits per heavy atom. The van der Waals surface area contributed by atoms with Crippen molar-refractivity contribution in [3.63, 3.8) is 0 Å². The van der Waals surface area contributed by atoms with Crippen molar-refractivity contribution in [2.45, 2.75) is 44.0 Å². The topological polar surface area (TPSA) is 114 Å². The molecule has 0 aliphatic carbocycles. The van der Waals surface area contributed by atoms with Gasteiger partial charge in [0, 0.05) is 13.1 Å². The van der Waals surface area contributed by atoms with E-state index >= 15 is 0 Å². The van der Waals surface area contributed by atoms with Crippen LogP contribution in [0.15, 0.2) is 35.4 Å². The van der Waals surface area contributed by atoms with Gasteiger partial charge in [0.05, 0.1) is 11.1 Å². The minimum absolute atomic E-state index is 0.106. The monoisotopic (exact) mass is 366 g/mol. The molecule has 25 heavy (non-hydrogen) atoms. The Balaban J connectivity index is 1.82. The Morgan fingerprint density at radius 1 is 1.32 bits per heavy atom. The number of carbonyl (C=O) groups is 1. The van der Waals surface area contributed by atoms with Gasteiger partial charge in [-0.15, -0.1) is 5.10 Å². The number of rotatable bonds is 9. The third-order valence-corrected chi connectivity index (χ3v) is 5.16. The van der Waals surface area contributed by atoms with Crippen molar-refractivity contribution in [1.29, 1.82) is 0 Å². The van der Waals surface area contributed by atoms with Crippen LogP contribution >= 0.6 is 0 Å². The lowest BCUT2D eigenvalue weighted by molar-refractivity contribution is 0.0690. The number of hydrogen-bond acceptors (Lipinski definition) is 5. The number of aryl methyl sites for hydroxylation is 1. The van der Waals surface area contributed by atoms with Crippen LogP contribution in [0.4, 0.5) is 0 Å². The maximum atomic E-state index is 12.3. The van der Waals surface area contributed by atoms with E-state index in [0.717, 1.165) is 5.56 Å². The highest BCUT2D eigenvalue weighted by atomic mass is 32.2. The molecule has 0 radical (unpaired) electrons. The second kappa shape index (κ2) is 8.21. The molecule has 0 aliphatic heterocycles. The third-order valence-electron chi connectivity index (χ3n) is 3.70. The van der Waals surface area contributed by atoms with E-state index in [1.54, 1.807) is 18.2 Å². The first kappa shape index (κ1) is 19.1. The van der Waals surface area contributed by atoms with Gasteiger partial charge in [-0.3, -0.25) is 4.68 Å². The van der Waals surface area contributed by atoms with Gasteiger partial charge in [0.15, 0.2) is 5.69 Å². The Labute approximate surface area is 146 Å². The molecule has 8 nitrogen and oxygen atoms in total. The molecule has 9 heteroatoms. The molecule has 0 aliphatic rings. The molecule has 1 aromatic heterocycles. The Kier molecular flexibility index (Phi) is 6.27. The third kappa shape index (κ3) is 5.36. The quantitative estimate of drug-likeness (QED) is 0.655. The molecule has 2 rings (SSSR count). The lowest BCUT2D eigenvalue weighted by Crippen LogP contribution is -2.25. The lowest BCUT2D eigenvalue weighted by Gasteiger charge is -2.10. The molecule has 0 atom stereocenters. The summed E-state index contributed by atoms with van der Waals surface area (Å²) < 4.78 is 28.6. The highest BCUT2D eigenvalue weighted by Crippen LogP contribution is 2.18. The van der Waals surface area contributed by atoms with Crippen LogP contribution in [-0.4, -0.2) is 41.0 Å². The Morgan fingerprint density at radius 2 is 2.08 bits per heavy atom. The summed E-state index contributed by atoms with van der Waals surface area (Å²) in [7, 11) is -3.53. The van der Waals surface area contributed by atoms with Crippen LogP contribution in [0.25, 0.3) is 0 Å². The number of benzene rings is 1. The molecule has 0 unspecified atom stereocenters. The van der Waals surface area contributed by atoms with Gasteiger partial charge in [-0.25, -0.2) is 17.9 Å². The average Bonchev–Trinajstić information content (AvgIpc) is 3.04. The van der Waals surface area contributed by atoms with Crippen molar-refractivity contribution in [1.82, 2.24) is 19.7 Å². The minimum Gasteiger partial charge on any atom is -0.476 e. The maximum absolute atomic E-state index is 12.3. The summed E-state index contributed by atoms with van der Waals surface area (Å²) in [5.74, 6) is -0.865. The van der Waals surface area contributed by atoms with E-state index in [1.165, 1.54) is 10.9 Å². The fraction of sp³-hybridized carbons (Fsp3) is 0.438. The maximum Gasteiger partial charge on any atom is 0.358 e. The minimum atomic E-state index is -3.53. The molecule has 1 heterocycles. The van der Waals surface area contributed by atoms with Gasteiger partial charge in [-0.1, -0.05) is 31.2 Å². The van der Waals surface area contributed by atoms with Gasteiger partial charge in [0.25, 0.3) is 0 Å². The molecule has 0 spiro atoms. The van der Waals surface area contributed by atoms with Gasteiger partial charge in [-0.2, -0.15) is 0 Å². The molecule has 0 amide bonds. The van der Waals surface area contributed by atoms with E-state index < -0.39 is 16.0 Å². The van der Waals surface area contributed by atoms with E-state index in [4.69, 9.17) is 5.11 Å². The lowest BCUT2D eigenvalue weighted by atomic mass is 10.0. The number of unbranched alkanes of at least 4 members (excludes halogenated alkanes) is 1. The standard InChI is InChI=1S/C16H22N4O4S/c1-12(2)13-6-5-7-14(10-13)25(23,24)17-8-3-4-9-20-11-15(16(21)22)18-19-20/h5-7,10-12,17H,3-4,8-9H2,1-2H3,(H,21,22). The predicted molar refractivity (Wildman–Crippen MR) is 91.9 cm³/mol. The van der Waals surface area contributed by atoms with Crippen molar-refractivity contribution in [3.8, 4) is 0 Å². The molecular weight excluding hydrogens is 344 g/mol. The molecule has 0 saturated heterocycles. The van der Waals surface area contributed by atoms with E-state index in [2.05, 4.69) is 15.0 Å². The predicted octanol–water partition coefficient (Wildman–Crippen LogP) is 1.86.